The van der Waals surface area contributed by atoms with Crippen LogP contribution in [0.5, 0.6) is 0 Å². The van der Waals surface area contributed by atoms with Crippen LogP contribution in [0.25, 0.3) is 28.9 Å². The van der Waals surface area contributed by atoms with Crippen LogP contribution in [0.15, 0.2) is 90.5 Å². The molecule has 5 rings (SSSR count). The molecule has 0 saturated heterocycles. The Morgan fingerprint density at radius 3 is 2.06 bits per heavy atom. The number of rotatable bonds is 10. The van der Waals surface area contributed by atoms with Crippen LogP contribution in [0.4, 0.5) is 8.63 Å². The third kappa shape index (κ3) is 6.06. The van der Waals surface area contributed by atoms with Gasteiger partial charge in [0.25, 0.3) is 0 Å². The highest BCUT2D eigenvalue weighted by Crippen LogP contribution is 2.47. The lowest BCUT2D eigenvalue weighted by atomic mass is 9.87. The van der Waals surface area contributed by atoms with Crippen molar-refractivity contribution in [2.24, 2.45) is 0 Å². The van der Waals surface area contributed by atoms with Gasteiger partial charge in [0.15, 0.2) is 11.4 Å². The highest BCUT2D eigenvalue weighted by molar-refractivity contribution is 6.60. The second-order valence-electron chi connectivity index (χ2n) is 10.9. The minimum atomic E-state index is -4.85. The van der Waals surface area contributed by atoms with E-state index in [1.807, 2.05) is 0 Å². The fourth-order valence-corrected chi connectivity index (χ4v) is 5.81. The Morgan fingerprint density at radius 2 is 1.49 bits per heavy atom. The lowest BCUT2D eigenvalue weighted by Crippen LogP contribution is -2.51. The fraction of sp³-hybridized carbons (Fsp3) is 0.200. The summed E-state index contributed by atoms with van der Waals surface area (Å²) >= 11 is 0. The first kappa shape index (κ1) is 32.9. The van der Waals surface area contributed by atoms with Crippen molar-refractivity contribution in [1.82, 2.24) is 9.38 Å². The molecule has 0 spiro atoms. The van der Waals surface area contributed by atoms with Crippen molar-refractivity contribution in [3.8, 4) is 11.1 Å². The molecule has 0 unspecified atom stereocenters. The molecular formula is C35H34BF2N3O6. The van der Waals surface area contributed by atoms with Crippen LogP contribution in [0.3, 0.4) is 0 Å². The average molecular weight is 641 g/mol. The molecule has 242 valence electrons. The number of esters is 3. The Hall–Kier alpha value is -5.52. The molecule has 0 bridgehead atoms. The van der Waals surface area contributed by atoms with Gasteiger partial charge in [-0.1, -0.05) is 60.7 Å². The van der Waals surface area contributed by atoms with Crippen molar-refractivity contribution >= 4 is 48.3 Å². The Labute approximate surface area is 271 Å². The van der Waals surface area contributed by atoms with Crippen LogP contribution < -0.4 is 0 Å². The summed E-state index contributed by atoms with van der Waals surface area (Å²) in [7, 11) is 3.46. The third-order valence-corrected chi connectivity index (χ3v) is 7.53. The van der Waals surface area contributed by atoms with Crippen molar-refractivity contribution in [1.29, 1.82) is 0 Å². The van der Waals surface area contributed by atoms with E-state index in [0.717, 1.165) is 21.3 Å². The van der Waals surface area contributed by atoms with E-state index in [-0.39, 0.29) is 58.3 Å². The van der Waals surface area contributed by atoms with E-state index < -0.39 is 24.9 Å². The van der Waals surface area contributed by atoms with Crippen LogP contribution in [0.2, 0.25) is 0 Å². The van der Waals surface area contributed by atoms with Gasteiger partial charge in [0, 0.05) is 56.3 Å². The molecule has 0 atom stereocenters. The van der Waals surface area contributed by atoms with E-state index in [0.29, 0.717) is 11.1 Å². The number of ether oxygens (including phenoxy) is 3. The van der Waals surface area contributed by atoms with E-state index in [2.05, 4.69) is 0 Å². The van der Waals surface area contributed by atoms with Crippen LogP contribution >= 0.6 is 0 Å². The molecule has 0 radical (unpaired) electrons. The Balaban J connectivity index is 1.98. The zero-order chi connectivity index (χ0) is 33.9. The standard InChI is InChI=1S/C35H34BF2N3O6/c1-6-45-34(43)32-26(18-20-39(4)5)40-28(30(32)24-14-10-8-11-15-24)22-29-31(25-16-12-9-13-17-25)33(35(44)46-7-2)27(19-21-47-23(3)42)41(29)36(40,37)38/h8-22H,6-7H2,1-5H3/b20-18+,21-19+. The maximum atomic E-state index is 17.6. The molecule has 0 fully saturated rings. The van der Waals surface area contributed by atoms with Gasteiger partial charge in [-0.3, -0.25) is 4.79 Å². The lowest BCUT2D eigenvalue weighted by molar-refractivity contribution is -0.358. The van der Waals surface area contributed by atoms with E-state index in [1.54, 1.807) is 106 Å². The van der Waals surface area contributed by atoms with Crippen LogP contribution in [0, 0.1) is 0 Å². The van der Waals surface area contributed by atoms with Crippen molar-refractivity contribution in [3.05, 3.63) is 113 Å². The smallest absolute Gasteiger partial charge is 0.462 e. The molecule has 0 aliphatic carbocycles. The number of carbonyl (C=O) groups excluding carboxylic acids is 3. The van der Waals surface area contributed by atoms with Crippen molar-refractivity contribution in [2.75, 3.05) is 27.3 Å². The van der Waals surface area contributed by atoms with E-state index in [4.69, 9.17) is 14.2 Å². The number of benzene rings is 2. The number of fused-ring (bicyclic) bond motifs is 2. The van der Waals surface area contributed by atoms with Crippen LogP contribution in [-0.2, 0) is 23.8 Å². The molecule has 2 aromatic carbocycles. The van der Waals surface area contributed by atoms with Gasteiger partial charge in [0.05, 0.1) is 30.6 Å². The van der Waals surface area contributed by atoms with Crippen molar-refractivity contribution in [2.45, 2.75) is 20.8 Å². The summed E-state index contributed by atoms with van der Waals surface area (Å²) in [5, 5.41) is 0. The van der Waals surface area contributed by atoms with Crippen molar-refractivity contribution in [3.63, 3.8) is 0 Å². The Bertz CT molecular complexity index is 1890. The first-order valence-electron chi connectivity index (χ1n) is 15.1. The SMILES string of the molecule is CCOC(=O)C1=C(c2ccccc2)C2=Cc3c(-c4ccccc4)c(C(=O)OCC)c(/C=C/OC(C)=O)n3[B-](F)(F)[N+]2=C1/C=C/N(C)C. The molecule has 9 nitrogen and oxygen atoms in total. The van der Waals surface area contributed by atoms with Gasteiger partial charge in [-0.15, -0.1) is 0 Å². The zero-order valence-corrected chi connectivity index (χ0v) is 26.7. The summed E-state index contributed by atoms with van der Waals surface area (Å²) in [5.41, 5.74) is 1.04. The molecule has 0 saturated carbocycles. The number of allylic oxidation sites excluding steroid dienone is 2. The number of aromatic nitrogens is 1. The Morgan fingerprint density at radius 1 is 0.894 bits per heavy atom. The van der Waals surface area contributed by atoms with Gasteiger partial charge in [-0.25, -0.2) is 9.59 Å². The predicted octanol–water partition coefficient (Wildman–Crippen LogP) is 6.00. The number of nitrogens with zero attached hydrogens (tertiary/aromatic N) is 3. The molecule has 2 aliphatic rings. The van der Waals surface area contributed by atoms with Crippen LogP contribution in [0.1, 0.15) is 48.1 Å². The van der Waals surface area contributed by atoms with Gasteiger partial charge in [0.1, 0.15) is 5.57 Å². The summed E-state index contributed by atoms with van der Waals surface area (Å²) in [5.74, 6) is -2.27. The topological polar surface area (TPSA) is 90.1 Å². The fourth-order valence-electron chi connectivity index (χ4n) is 5.81. The molecule has 3 aromatic rings. The molecule has 47 heavy (non-hydrogen) atoms. The third-order valence-electron chi connectivity index (χ3n) is 7.53. The largest absolute Gasteiger partial charge is 0.737 e. The Kier molecular flexibility index (Phi) is 9.41. The van der Waals surface area contributed by atoms with E-state index in [1.165, 1.54) is 13.0 Å². The minimum Gasteiger partial charge on any atom is -0.462 e. The highest BCUT2D eigenvalue weighted by atomic mass is 19.2. The molecule has 2 aliphatic heterocycles. The number of hydrogen-bond donors (Lipinski definition) is 0. The summed E-state index contributed by atoms with van der Waals surface area (Å²) in [6.07, 6.45) is 6.68. The van der Waals surface area contributed by atoms with Gasteiger partial charge >= 0.3 is 24.9 Å². The second kappa shape index (κ2) is 13.5. The van der Waals surface area contributed by atoms with Gasteiger partial charge < -0.3 is 36.7 Å². The van der Waals surface area contributed by atoms with E-state index >= 15 is 8.63 Å². The molecule has 0 amide bonds. The van der Waals surface area contributed by atoms with Gasteiger partial charge in [-0.05, 0) is 31.1 Å². The van der Waals surface area contributed by atoms with E-state index in [9.17, 15) is 14.4 Å². The normalized spacial score (nSPS) is 15.1. The first-order chi connectivity index (χ1) is 22.5. The lowest BCUT2D eigenvalue weighted by Gasteiger charge is -2.31. The highest BCUT2D eigenvalue weighted by Gasteiger charge is 2.58. The first-order valence-corrected chi connectivity index (χ1v) is 15.1. The van der Waals surface area contributed by atoms with Crippen LogP contribution in [-0.4, -0.2) is 71.8 Å². The summed E-state index contributed by atoms with van der Waals surface area (Å²) in [4.78, 5) is 40.6. The number of halogens is 2. The maximum absolute atomic E-state index is 17.6. The number of hydrogen-bond acceptors (Lipinski definition) is 7. The molecule has 3 heterocycles. The summed E-state index contributed by atoms with van der Waals surface area (Å²) < 4.78 is 52.6. The van der Waals surface area contributed by atoms with Crippen molar-refractivity contribution < 1.29 is 41.7 Å². The zero-order valence-electron chi connectivity index (χ0n) is 26.7. The monoisotopic (exact) mass is 641 g/mol. The summed E-state index contributed by atoms with van der Waals surface area (Å²) in [6, 6.07) is 17.4. The molecule has 0 N–H and O–H groups in total. The summed E-state index contributed by atoms with van der Waals surface area (Å²) in [6.45, 7) is -0.390. The number of carbonyl (C=O) groups is 3. The van der Waals surface area contributed by atoms with Gasteiger partial charge in [-0.2, -0.15) is 0 Å². The maximum Gasteiger partial charge on any atom is 0.737 e. The molecule has 12 heteroatoms. The van der Waals surface area contributed by atoms with Gasteiger partial charge in [0.2, 0.25) is 0 Å². The quantitative estimate of drug-likeness (QED) is 0.116. The average Bonchev–Trinajstić information content (AvgIpc) is 3.55. The second-order valence-corrected chi connectivity index (χ2v) is 10.9. The predicted molar refractivity (Wildman–Crippen MR) is 176 cm³/mol. The molecule has 1 aromatic heterocycles. The molecular weight excluding hydrogens is 607 g/mol. The minimum absolute atomic E-state index is 0.00690.